The van der Waals surface area contributed by atoms with Crippen molar-refractivity contribution < 1.29 is 0 Å². The molecule has 3 aromatic heterocycles. The number of H-pyrrole nitrogens is 1. The summed E-state index contributed by atoms with van der Waals surface area (Å²) in [6.07, 6.45) is 5.54. The Labute approximate surface area is 102 Å². The van der Waals surface area contributed by atoms with Crippen LogP contribution in [-0.4, -0.2) is 14.4 Å². The van der Waals surface area contributed by atoms with E-state index in [-0.39, 0.29) is 5.43 Å². The fourth-order valence-electron chi connectivity index (χ4n) is 2.47. The Morgan fingerprint density at radius 1 is 1.17 bits per heavy atom. The number of hydrogen-bond donors (Lipinski definition) is 1. The van der Waals surface area contributed by atoms with Crippen LogP contribution in [0.25, 0.3) is 27.5 Å². The average Bonchev–Trinajstić information content (AvgIpc) is 2.88. The van der Waals surface area contributed by atoms with Crippen molar-refractivity contribution >= 4 is 27.5 Å². The predicted octanol–water partition coefficient (Wildman–Crippen LogP) is 2.33. The van der Waals surface area contributed by atoms with E-state index < -0.39 is 0 Å². The summed E-state index contributed by atoms with van der Waals surface area (Å²) in [5.74, 6) is 0. The summed E-state index contributed by atoms with van der Waals surface area (Å²) in [6, 6.07) is 9.06. The second-order valence-corrected chi connectivity index (χ2v) is 4.26. The first kappa shape index (κ1) is 9.41. The number of hydrogen-bond acceptors (Lipinski definition) is 2. The Balaban J connectivity index is 2.48. The summed E-state index contributed by atoms with van der Waals surface area (Å²) < 4.78 is 1.99. The van der Waals surface area contributed by atoms with Crippen LogP contribution >= 0.6 is 0 Å². The highest BCUT2D eigenvalue weighted by Gasteiger charge is 2.08. The maximum Gasteiger partial charge on any atom is 0.179 e. The summed E-state index contributed by atoms with van der Waals surface area (Å²) in [7, 11) is 0. The van der Waals surface area contributed by atoms with Gasteiger partial charge in [0.2, 0.25) is 0 Å². The van der Waals surface area contributed by atoms with Crippen LogP contribution in [0.4, 0.5) is 0 Å². The molecule has 0 bridgehead atoms. The molecule has 1 N–H and O–H groups in total. The molecule has 86 valence electrons. The van der Waals surface area contributed by atoms with Crippen molar-refractivity contribution in [2.75, 3.05) is 0 Å². The number of pyridine rings is 2. The summed E-state index contributed by atoms with van der Waals surface area (Å²) in [5, 5.41) is 1.89. The van der Waals surface area contributed by atoms with Gasteiger partial charge in [0.1, 0.15) is 5.65 Å². The Morgan fingerprint density at radius 3 is 3.06 bits per heavy atom. The van der Waals surface area contributed by atoms with Gasteiger partial charge in [-0.1, -0.05) is 0 Å². The van der Waals surface area contributed by atoms with E-state index in [1.165, 1.54) is 0 Å². The predicted molar refractivity (Wildman–Crippen MR) is 70.8 cm³/mol. The molecule has 0 aliphatic rings. The first-order valence-electron chi connectivity index (χ1n) is 5.71. The highest BCUT2D eigenvalue weighted by atomic mass is 16.1. The molecule has 3 heterocycles. The van der Waals surface area contributed by atoms with Gasteiger partial charge in [-0.15, -0.1) is 0 Å². The monoisotopic (exact) mass is 235 g/mol. The van der Waals surface area contributed by atoms with Crippen LogP contribution in [0.5, 0.6) is 0 Å². The third-order valence-electron chi connectivity index (χ3n) is 3.24. The summed E-state index contributed by atoms with van der Waals surface area (Å²) >= 11 is 0. The van der Waals surface area contributed by atoms with E-state index in [2.05, 4.69) is 9.97 Å². The molecule has 0 unspecified atom stereocenters. The van der Waals surface area contributed by atoms with Gasteiger partial charge in [-0.05, 0) is 30.3 Å². The van der Waals surface area contributed by atoms with Crippen molar-refractivity contribution in [2.45, 2.75) is 0 Å². The number of rotatable bonds is 0. The maximum absolute atomic E-state index is 11.5. The van der Waals surface area contributed by atoms with Crippen molar-refractivity contribution in [1.82, 2.24) is 14.4 Å². The molecule has 18 heavy (non-hydrogen) atoms. The number of aromatic amines is 1. The fourth-order valence-corrected chi connectivity index (χ4v) is 2.47. The third-order valence-corrected chi connectivity index (χ3v) is 3.24. The van der Waals surface area contributed by atoms with Crippen LogP contribution in [0.1, 0.15) is 0 Å². The van der Waals surface area contributed by atoms with E-state index in [0.717, 1.165) is 27.5 Å². The van der Waals surface area contributed by atoms with Crippen LogP contribution in [0, 0.1) is 0 Å². The molecule has 0 saturated heterocycles. The first-order chi connectivity index (χ1) is 8.84. The lowest BCUT2D eigenvalue weighted by Gasteiger charge is -2.07. The van der Waals surface area contributed by atoms with E-state index in [9.17, 15) is 4.79 Å². The van der Waals surface area contributed by atoms with Crippen LogP contribution < -0.4 is 5.43 Å². The zero-order valence-electron chi connectivity index (χ0n) is 9.42. The van der Waals surface area contributed by atoms with Crippen molar-refractivity contribution in [2.24, 2.45) is 0 Å². The van der Waals surface area contributed by atoms with Crippen molar-refractivity contribution in [1.29, 1.82) is 0 Å². The molecule has 1 aromatic carbocycles. The van der Waals surface area contributed by atoms with Crippen LogP contribution in [0.2, 0.25) is 0 Å². The molecule has 0 aliphatic heterocycles. The third kappa shape index (κ3) is 1.09. The molecule has 0 amide bonds. The number of benzene rings is 1. The molecule has 4 nitrogen and oxygen atoms in total. The number of imidazole rings is 1. The van der Waals surface area contributed by atoms with Crippen LogP contribution in [-0.2, 0) is 0 Å². The van der Waals surface area contributed by atoms with E-state index in [0.29, 0.717) is 0 Å². The topological polar surface area (TPSA) is 50.2 Å². The fraction of sp³-hybridized carbons (Fsp3) is 0. The zero-order chi connectivity index (χ0) is 12.1. The summed E-state index contributed by atoms with van der Waals surface area (Å²) in [6.45, 7) is 0. The average molecular weight is 235 g/mol. The first-order valence-corrected chi connectivity index (χ1v) is 5.71. The molecule has 0 fully saturated rings. The number of nitrogens with zero attached hydrogens (tertiary/aromatic N) is 2. The molecule has 0 atom stereocenters. The van der Waals surface area contributed by atoms with Gasteiger partial charge in [0, 0.05) is 29.4 Å². The normalized spacial score (nSPS) is 11.6. The maximum atomic E-state index is 11.5. The van der Waals surface area contributed by atoms with Gasteiger partial charge in [-0.25, -0.2) is 4.98 Å². The lowest BCUT2D eigenvalue weighted by molar-refractivity contribution is 1.25. The van der Waals surface area contributed by atoms with Gasteiger partial charge in [-0.2, -0.15) is 0 Å². The Bertz CT molecular complexity index is 949. The van der Waals surface area contributed by atoms with Crippen molar-refractivity contribution in [3.8, 4) is 0 Å². The van der Waals surface area contributed by atoms with Crippen molar-refractivity contribution in [3.63, 3.8) is 0 Å². The Kier molecular flexibility index (Phi) is 1.67. The standard InChI is InChI=1S/C14H9N3O/c18-9-3-4-10-11(8-9)14-16-6-7-17(14)12-2-1-5-15-13(10)12/h1-8,15H. The molecule has 0 saturated carbocycles. The van der Waals surface area contributed by atoms with Gasteiger partial charge in [0.15, 0.2) is 5.43 Å². The molecule has 0 spiro atoms. The minimum atomic E-state index is 0.00248. The quantitative estimate of drug-likeness (QED) is 0.475. The highest BCUT2D eigenvalue weighted by Crippen LogP contribution is 2.25. The summed E-state index contributed by atoms with van der Waals surface area (Å²) in [4.78, 5) is 19.1. The molecule has 0 radical (unpaired) electrons. The lowest BCUT2D eigenvalue weighted by Crippen LogP contribution is -1.98. The second kappa shape index (κ2) is 3.20. The minimum absolute atomic E-state index is 0.00248. The van der Waals surface area contributed by atoms with E-state index >= 15 is 0 Å². The van der Waals surface area contributed by atoms with Crippen molar-refractivity contribution in [3.05, 3.63) is 59.1 Å². The van der Waals surface area contributed by atoms with E-state index in [1.54, 1.807) is 18.3 Å². The van der Waals surface area contributed by atoms with Gasteiger partial charge in [-0.3, -0.25) is 9.20 Å². The SMILES string of the molecule is O=c1ccc2c(c1)c1nccn1c1ccc[nH]c21. The largest absolute Gasteiger partial charge is 0.359 e. The van der Waals surface area contributed by atoms with Gasteiger partial charge in [0.05, 0.1) is 11.0 Å². The highest BCUT2D eigenvalue weighted by molar-refractivity contribution is 6.09. The molecule has 4 aromatic rings. The summed E-state index contributed by atoms with van der Waals surface area (Å²) in [5.41, 5.74) is 2.88. The smallest absolute Gasteiger partial charge is 0.179 e. The Morgan fingerprint density at radius 2 is 2.11 bits per heavy atom. The molecule has 0 aliphatic carbocycles. The van der Waals surface area contributed by atoms with Gasteiger partial charge < -0.3 is 4.98 Å². The Hall–Kier alpha value is -2.62. The van der Waals surface area contributed by atoms with E-state index in [1.807, 2.05) is 35.0 Å². The number of aromatic nitrogens is 3. The second-order valence-electron chi connectivity index (χ2n) is 4.26. The zero-order valence-corrected chi connectivity index (χ0v) is 9.42. The van der Waals surface area contributed by atoms with Gasteiger partial charge >= 0.3 is 0 Å². The molecular weight excluding hydrogens is 226 g/mol. The van der Waals surface area contributed by atoms with Gasteiger partial charge in [0.25, 0.3) is 0 Å². The number of nitrogens with one attached hydrogen (secondary N) is 1. The molecule has 4 rings (SSSR count). The minimum Gasteiger partial charge on any atom is -0.359 e. The molecule has 4 heteroatoms. The molecular formula is C14H9N3O. The van der Waals surface area contributed by atoms with Crippen LogP contribution in [0.3, 0.4) is 0 Å². The van der Waals surface area contributed by atoms with Crippen LogP contribution in [0.15, 0.2) is 53.7 Å². The van der Waals surface area contributed by atoms with E-state index in [4.69, 9.17) is 0 Å². The number of fused-ring (bicyclic) bond motifs is 6. The lowest BCUT2D eigenvalue weighted by atomic mass is 10.1.